The number of aromatic nitrogens is 4. The summed E-state index contributed by atoms with van der Waals surface area (Å²) in [7, 11) is -2.62. The molecule has 2 amide bonds. The summed E-state index contributed by atoms with van der Waals surface area (Å²) in [6, 6.07) is 27.7. The Morgan fingerprint density at radius 1 is 0.895 bits per heavy atom. The Morgan fingerprint density at radius 2 is 1.67 bits per heavy atom. The van der Waals surface area contributed by atoms with E-state index in [1.54, 1.807) is 29.1 Å². The van der Waals surface area contributed by atoms with Gasteiger partial charge in [-0.2, -0.15) is 20.7 Å². The van der Waals surface area contributed by atoms with Gasteiger partial charge in [-0.3, -0.25) is 19.3 Å². The number of benzene rings is 4. The first-order valence-corrected chi connectivity index (χ1v) is 20.7. The van der Waals surface area contributed by atoms with Gasteiger partial charge in [0.1, 0.15) is 23.9 Å². The number of fused-ring (bicyclic) bond motifs is 2. The third-order valence-electron chi connectivity index (χ3n) is 9.79. The Kier molecular flexibility index (Phi) is 10.7. The summed E-state index contributed by atoms with van der Waals surface area (Å²) >= 11 is 0. The minimum absolute atomic E-state index is 0.242. The molecule has 4 aromatic carbocycles. The normalized spacial score (nSPS) is 15.8. The number of hydrogen-bond donors (Lipinski definition) is 5. The summed E-state index contributed by atoms with van der Waals surface area (Å²) < 4.78 is 39.7. The van der Waals surface area contributed by atoms with E-state index in [9.17, 15) is 13.9 Å². The molecular formula is C42H46N8O6S. The molecule has 0 aliphatic carbocycles. The first kappa shape index (κ1) is 38.2. The fourth-order valence-electron chi connectivity index (χ4n) is 6.80. The topological polar surface area (TPSA) is 168 Å². The van der Waals surface area contributed by atoms with E-state index in [0.29, 0.717) is 35.7 Å². The zero-order valence-electron chi connectivity index (χ0n) is 32.1. The summed E-state index contributed by atoms with van der Waals surface area (Å²) in [4.78, 5) is 24.9. The van der Waals surface area contributed by atoms with Crippen molar-refractivity contribution in [3.63, 3.8) is 0 Å². The second-order valence-electron chi connectivity index (χ2n) is 15.1. The molecule has 0 spiro atoms. The highest BCUT2D eigenvalue weighted by Crippen LogP contribution is 2.53. The van der Waals surface area contributed by atoms with E-state index in [1.807, 2.05) is 72.8 Å². The number of urea groups is 1. The number of rotatable bonds is 11. The highest BCUT2D eigenvalue weighted by molar-refractivity contribution is 8.23. The van der Waals surface area contributed by atoms with Crippen molar-refractivity contribution >= 4 is 50.5 Å². The number of ether oxygens (including phenoxy) is 3. The lowest BCUT2D eigenvalue weighted by Gasteiger charge is -2.26. The van der Waals surface area contributed by atoms with Crippen LogP contribution in [0.15, 0.2) is 97.2 Å². The van der Waals surface area contributed by atoms with Gasteiger partial charge in [-0.25, -0.2) is 14.5 Å². The van der Waals surface area contributed by atoms with Gasteiger partial charge >= 0.3 is 6.03 Å². The van der Waals surface area contributed by atoms with Crippen LogP contribution in [0.3, 0.4) is 0 Å². The third-order valence-corrected chi connectivity index (χ3v) is 11.3. The zero-order chi connectivity index (χ0) is 39.6. The van der Waals surface area contributed by atoms with Gasteiger partial charge in [0.25, 0.3) is 0 Å². The van der Waals surface area contributed by atoms with Gasteiger partial charge in [0.15, 0.2) is 0 Å². The third kappa shape index (κ3) is 9.14. The zero-order valence-corrected chi connectivity index (χ0v) is 32.9. The Bertz CT molecular complexity index is 2390. The monoisotopic (exact) mass is 790 g/mol. The van der Waals surface area contributed by atoms with Gasteiger partial charge < -0.3 is 24.8 Å². The molecule has 14 nitrogen and oxygen atoms in total. The Labute approximate surface area is 332 Å². The highest BCUT2D eigenvalue weighted by Gasteiger charge is 2.26. The maximum atomic E-state index is 13.7. The summed E-state index contributed by atoms with van der Waals surface area (Å²) in [5, 5.41) is 15.7. The predicted octanol–water partition coefficient (Wildman–Crippen LogP) is 8.77. The molecule has 1 fully saturated rings. The molecule has 15 heteroatoms. The van der Waals surface area contributed by atoms with Crippen LogP contribution in [0, 0.1) is 0 Å². The minimum Gasteiger partial charge on any atom is -0.492 e. The smallest absolute Gasteiger partial charge is 0.324 e. The van der Waals surface area contributed by atoms with Crippen LogP contribution in [0.2, 0.25) is 0 Å². The first-order chi connectivity index (χ1) is 27.5. The molecule has 0 atom stereocenters. The molecule has 6 aromatic rings. The van der Waals surface area contributed by atoms with Gasteiger partial charge in [0, 0.05) is 59.8 Å². The van der Waals surface area contributed by atoms with Crippen molar-refractivity contribution in [2.45, 2.75) is 37.7 Å². The maximum absolute atomic E-state index is 13.7. The second kappa shape index (κ2) is 16.0. The quantitative estimate of drug-likeness (QED) is 0.0851. The Balaban J connectivity index is 0.954. The average molecular weight is 791 g/mol. The molecule has 296 valence electrons. The molecule has 4 heterocycles. The van der Waals surface area contributed by atoms with Crippen LogP contribution in [0.4, 0.5) is 27.9 Å². The van der Waals surface area contributed by atoms with Crippen molar-refractivity contribution in [1.82, 2.24) is 24.6 Å². The fraction of sp³-hybridized carbons (Fsp3) is 0.286. The van der Waals surface area contributed by atoms with Crippen LogP contribution in [-0.2, 0) is 21.7 Å². The largest absolute Gasteiger partial charge is 0.492 e. The second-order valence-corrected chi connectivity index (χ2v) is 17.3. The minimum atomic E-state index is -2.62. The molecule has 2 aliphatic rings. The van der Waals surface area contributed by atoms with Gasteiger partial charge in [-0.05, 0) is 59.7 Å². The number of nitrogens with one attached hydrogen (secondary N) is 3. The molecule has 57 heavy (non-hydrogen) atoms. The van der Waals surface area contributed by atoms with Gasteiger partial charge in [0.05, 0.1) is 41.8 Å². The Morgan fingerprint density at radius 3 is 2.46 bits per heavy atom. The molecule has 0 unspecified atom stereocenters. The van der Waals surface area contributed by atoms with Crippen molar-refractivity contribution in [2.75, 3.05) is 55.4 Å². The Hall–Kier alpha value is -5.71. The van der Waals surface area contributed by atoms with E-state index in [-0.39, 0.29) is 16.9 Å². The molecular weight excluding hydrogens is 745 g/mol. The fourth-order valence-corrected chi connectivity index (χ4v) is 8.45. The number of carbonyl (C=O) groups is 1. The molecule has 2 aromatic heterocycles. The summed E-state index contributed by atoms with van der Waals surface area (Å²) in [6.07, 6.45) is 1.60. The maximum Gasteiger partial charge on any atom is 0.324 e. The first-order valence-electron chi connectivity index (χ1n) is 18.8. The van der Waals surface area contributed by atoms with Crippen LogP contribution < -0.4 is 25.4 Å². The van der Waals surface area contributed by atoms with Crippen LogP contribution in [0.1, 0.15) is 37.6 Å². The SMILES string of the molecule is CC(C)(C)c1cc(NC(=O)Nc2ccc(Oc3ccnc(Nc4ccc5c(c4)CS(O)(O)C5)n3)c3ccccc23)n(-c2ccc(OCCN3CCOCC3)cc2)n1. The van der Waals surface area contributed by atoms with E-state index in [2.05, 4.69) is 51.6 Å². The number of nitrogens with zero attached hydrogens (tertiary/aromatic N) is 5. The average Bonchev–Trinajstić information content (AvgIpc) is 3.76. The number of carbonyl (C=O) groups excluding carboxylic acids is 1. The molecule has 5 N–H and O–H groups in total. The standard InChI is InChI=1S/C42H46N8O6S/c1-42(2,3)37-25-38(50(48-37)31-10-12-32(13-11-31)55-23-20-49-18-21-54-22-19-49)46-41(51)45-35-14-15-36(34-7-5-4-6-33(34)35)56-39-16-17-43-40(47-39)44-30-9-8-28-26-57(52,53)27-29(28)24-30/h4-17,24-25,52-53H,18-23,26-27H2,1-3H3,(H,43,44,47)(H2,45,46,51). The van der Waals surface area contributed by atoms with Crippen LogP contribution in [0.5, 0.6) is 17.4 Å². The van der Waals surface area contributed by atoms with E-state index in [4.69, 9.17) is 19.3 Å². The molecule has 1 saturated heterocycles. The van der Waals surface area contributed by atoms with E-state index in [0.717, 1.165) is 77.6 Å². The van der Waals surface area contributed by atoms with Crippen LogP contribution >= 0.6 is 10.6 Å². The van der Waals surface area contributed by atoms with Crippen molar-refractivity contribution in [3.05, 3.63) is 114 Å². The van der Waals surface area contributed by atoms with Gasteiger partial charge in [-0.15, -0.1) is 0 Å². The highest BCUT2D eigenvalue weighted by atomic mass is 32.3. The molecule has 0 radical (unpaired) electrons. The van der Waals surface area contributed by atoms with Gasteiger partial charge in [0.2, 0.25) is 11.8 Å². The molecule has 2 aliphatic heterocycles. The summed E-state index contributed by atoms with van der Waals surface area (Å²) in [6.45, 7) is 11.0. The van der Waals surface area contributed by atoms with E-state index in [1.165, 1.54) is 0 Å². The summed E-state index contributed by atoms with van der Waals surface area (Å²) in [5.74, 6) is 3.00. The van der Waals surface area contributed by atoms with E-state index < -0.39 is 16.6 Å². The van der Waals surface area contributed by atoms with Crippen molar-refractivity contribution in [2.24, 2.45) is 0 Å². The molecule has 0 saturated carbocycles. The number of anilines is 4. The van der Waals surface area contributed by atoms with Crippen molar-refractivity contribution in [1.29, 1.82) is 0 Å². The lowest BCUT2D eigenvalue weighted by Crippen LogP contribution is -2.38. The molecule has 8 rings (SSSR count). The summed E-state index contributed by atoms with van der Waals surface area (Å²) in [5.41, 5.74) is 4.50. The number of hydrogen-bond acceptors (Lipinski definition) is 11. The van der Waals surface area contributed by atoms with Crippen LogP contribution in [0.25, 0.3) is 16.5 Å². The van der Waals surface area contributed by atoms with Gasteiger partial charge in [-0.1, -0.05) is 51.1 Å². The molecule has 0 bridgehead atoms. The lowest BCUT2D eigenvalue weighted by molar-refractivity contribution is 0.0322. The number of amides is 2. The predicted molar refractivity (Wildman–Crippen MR) is 224 cm³/mol. The van der Waals surface area contributed by atoms with Crippen molar-refractivity contribution in [3.8, 4) is 23.1 Å². The van der Waals surface area contributed by atoms with Crippen LogP contribution in [-0.4, -0.2) is 79.2 Å². The van der Waals surface area contributed by atoms with E-state index >= 15 is 0 Å². The lowest BCUT2D eigenvalue weighted by atomic mass is 9.92. The van der Waals surface area contributed by atoms with Crippen molar-refractivity contribution < 1.29 is 28.1 Å². The number of morpholine rings is 1.